The molecule has 0 unspecified atom stereocenters. The van der Waals surface area contributed by atoms with E-state index in [0.29, 0.717) is 18.7 Å². The second-order valence-electron chi connectivity index (χ2n) is 7.44. The minimum atomic E-state index is -0.131. The summed E-state index contributed by atoms with van der Waals surface area (Å²) in [6.07, 6.45) is 1.69. The summed E-state index contributed by atoms with van der Waals surface area (Å²) in [7, 11) is 3.32. The Balaban J connectivity index is 1.54. The van der Waals surface area contributed by atoms with E-state index in [1.54, 1.807) is 20.4 Å². The van der Waals surface area contributed by atoms with Crippen molar-refractivity contribution in [1.82, 2.24) is 10.3 Å². The fourth-order valence-corrected chi connectivity index (χ4v) is 4.02. The van der Waals surface area contributed by atoms with Crippen LogP contribution in [0.3, 0.4) is 0 Å². The molecule has 4 rings (SSSR count). The number of hydrogen-bond acceptors (Lipinski definition) is 6. The number of pyridine rings is 1. The first-order valence-electron chi connectivity index (χ1n) is 10.5. The molecule has 1 fully saturated rings. The zero-order valence-electron chi connectivity index (χ0n) is 18.0. The van der Waals surface area contributed by atoms with Crippen molar-refractivity contribution in [3.63, 3.8) is 0 Å². The molecule has 1 aromatic heterocycles. The number of benzene rings is 2. The van der Waals surface area contributed by atoms with Crippen molar-refractivity contribution in [2.75, 3.05) is 63.4 Å². The van der Waals surface area contributed by atoms with Gasteiger partial charge in [0.15, 0.2) is 0 Å². The fraction of sp³-hybridized carbons (Fsp3) is 0.333. The number of ether oxygens (including phenoxy) is 2. The van der Waals surface area contributed by atoms with Crippen molar-refractivity contribution in [2.24, 2.45) is 0 Å². The third-order valence-corrected chi connectivity index (χ3v) is 5.62. The molecular formula is C24H28N4O3. The number of para-hydroxylation sites is 2. The van der Waals surface area contributed by atoms with Crippen molar-refractivity contribution < 1.29 is 14.3 Å². The molecule has 0 bridgehead atoms. The summed E-state index contributed by atoms with van der Waals surface area (Å²) in [4.78, 5) is 22.0. The maximum Gasteiger partial charge on any atom is 0.253 e. The number of carbonyl (C=O) groups excluding carboxylic acids is 1. The van der Waals surface area contributed by atoms with Crippen molar-refractivity contribution in [1.29, 1.82) is 0 Å². The molecule has 0 saturated carbocycles. The minimum absolute atomic E-state index is 0.131. The van der Waals surface area contributed by atoms with Gasteiger partial charge in [0.05, 0.1) is 25.0 Å². The van der Waals surface area contributed by atoms with E-state index in [1.165, 1.54) is 0 Å². The van der Waals surface area contributed by atoms with E-state index < -0.39 is 0 Å². The molecule has 0 radical (unpaired) electrons. The Labute approximate surface area is 182 Å². The first kappa shape index (κ1) is 20.9. The molecule has 0 spiro atoms. The van der Waals surface area contributed by atoms with Gasteiger partial charge in [-0.25, -0.2) is 4.98 Å². The van der Waals surface area contributed by atoms with Gasteiger partial charge in [0.2, 0.25) is 0 Å². The first-order valence-corrected chi connectivity index (χ1v) is 10.5. The van der Waals surface area contributed by atoms with Gasteiger partial charge in [0.25, 0.3) is 5.91 Å². The Kier molecular flexibility index (Phi) is 6.52. The third-order valence-electron chi connectivity index (χ3n) is 5.62. The highest BCUT2D eigenvalue weighted by Gasteiger charge is 2.23. The van der Waals surface area contributed by atoms with Crippen LogP contribution >= 0.6 is 0 Å². The molecule has 7 heteroatoms. The summed E-state index contributed by atoms with van der Waals surface area (Å²) in [5.74, 6) is 1.68. The molecular weight excluding hydrogens is 392 g/mol. The zero-order chi connectivity index (χ0) is 21.6. The predicted octanol–water partition coefficient (Wildman–Crippen LogP) is 2.95. The van der Waals surface area contributed by atoms with E-state index in [0.717, 1.165) is 54.2 Å². The largest absolute Gasteiger partial charge is 0.495 e. The van der Waals surface area contributed by atoms with Crippen molar-refractivity contribution in [2.45, 2.75) is 0 Å². The molecule has 1 saturated heterocycles. The Morgan fingerprint density at radius 2 is 1.65 bits per heavy atom. The van der Waals surface area contributed by atoms with E-state index in [1.807, 2.05) is 42.5 Å². The number of rotatable bonds is 7. The van der Waals surface area contributed by atoms with E-state index in [2.05, 4.69) is 21.2 Å². The first-order chi connectivity index (χ1) is 15.2. The Morgan fingerprint density at radius 1 is 0.968 bits per heavy atom. The summed E-state index contributed by atoms with van der Waals surface area (Å²) in [6, 6.07) is 16.1. The van der Waals surface area contributed by atoms with Crippen LogP contribution in [0.25, 0.3) is 10.8 Å². The summed E-state index contributed by atoms with van der Waals surface area (Å²) >= 11 is 0. The molecule has 162 valence electrons. The Bertz CT molecular complexity index is 1050. The molecule has 0 aliphatic carbocycles. The predicted molar refractivity (Wildman–Crippen MR) is 123 cm³/mol. The number of carbonyl (C=O) groups is 1. The highest BCUT2D eigenvalue weighted by Crippen LogP contribution is 2.31. The van der Waals surface area contributed by atoms with Gasteiger partial charge in [-0.3, -0.25) is 4.79 Å². The molecule has 1 N–H and O–H groups in total. The van der Waals surface area contributed by atoms with Crippen LogP contribution in [0.15, 0.2) is 54.7 Å². The Morgan fingerprint density at radius 3 is 2.39 bits per heavy atom. The summed E-state index contributed by atoms with van der Waals surface area (Å²) < 4.78 is 10.5. The van der Waals surface area contributed by atoms with Gasteiger partial charge >= 0.3 is 0 Å². The monoisotopic (exact) mass is 420 g/mol. The second-order valence-corrected chi connectivity index (χ2v) is 7.44. The molecule has 2 aromatic carbocycles. The number of nitrogens with one attached hydrogen (secondary N) is 1. The topological polar surface area (TPSA) is 66.9 Å². The van der Waals surface area contributed by atoms with E-state index in [4.69, 9.17) is 14.5 Å². The second kappa shape index (κ2) is 9.66. The molecule has 1 amide bonds. The lowest BCUT2D eigenvalue weighted by molar-refractivity contribution is 0.0938. The van der Waals surface area contributed by atoms with Gasteiger partial charge in [-0.2, -0.15) is 0 Å². The van der Waals surface area contributed by atoms with Crippen LogP contribution in [-0.4, -0.2) is 64.4 Å². The van der Waals surface area contributed by atoms with Crippen LogP contribution in [0.2, 0.25) is 0 Å². The lowest BCUT2D eigenvalue weighted by Gasteiger charge is -2.37. The average molecular weight is 421 g/mol. The molecule has 0 atom stereocenters. The van der Waals surface area contributed by atoms with Crippen LogP contribution in [0.5, 0.6) is 5.75 Å². The summed E-state index contributed by atoms with van der Waals surface area (Å²) in [5, 5.41) is 4.79. The van der Waals surface area contributed by atoms with E-state index in [9.17, 15) is 4.79 Å². The SMILES string of the molecule is COCCNC(=O)c1cnc(N2CCN(c3ccccc3OC)CC2)c2ccccc12. The van der Waals surface area contributed by atoms with E-state index in [-0.39, 0.29) is 5.91 Å². The number of fused-ring (bicyclic) bond motifs is 1. The Hall–Kier alpha value is -3.32. The number of aromatic nitrogens is 1. The maximum atomic E-state index is 12.6. The standard InChI is InChI=1S/C24H28N4O3/c1-30-16-11-25-24(29)20-17-26-23(19-8-4-3-7-18(19)20)28-14-12-27(13-15-28)21-9-5-6-10-22(21)31-2/h3-10,17H,11-16H2,1-2H3,(H,25,29). The minimum Gasteiger partial charge on any atom is -0.495 e. The smallest absolute Gasteiger partial charge is 0.253 e. The number of nitrogens with zero attached hydrogens (tertiary/aromatic N) is 3. The molecule has 3 aromatic rings. The quantitative estimate of drug-likeness (QED) is 0.593. The van der Waals surface area contributed by atoms with Crippen molar-refractivity contribution in [3.05, 3.63) is 60.3 Å². The molecule has 2 heterocycles. The van der Waals surface area contributed by atoms with Crippen LogP contribution in [0, 0.1) is 0 Å². The lowest BCUT2D eigenvalue weighted by Crippen LogP contribution is -2.47. The van der Waals surface area contributed by atoms with Gasteiger partial charge < -0.3 is 24.6 Å². The molecule has 1 aliphatic rings. The van der Waals surface area contributed by atoms with Crippen LogP contribution < -0.4 is 19.9 Å². The number of amides is 1. The number of anilines is 2. The van der Waals surface area contributed by atoms with Crippen molar-refractivity contribution in [3.8, 4) is 5.75 Å². The van der Waals surface area contributed by atoms with Gasteiger partial charge in [-0.15, -0.1) is 0 Å². The fourth-order valence-electron chi connectivity index (χ4n) is 4.02. The van der Waals surface area contributed by atoms with E-state index >= 15 is 0 Å². The van der Waals surface area contributed by atoms with Crippen LogP contribution in [0.1, 0.15) is 10.4 Å². The molecule has 1 aliphatic heterocycles. The van der Waals surface area contributed by atoms with Crippen LogP contribution in [0.4, 0.5) is 11.5 Å². The van der Waals surface area contributed by atoms with Gasteiger partial charge in [0, 0.05) is 51.4 Å². The summed E-state index contributed by atoms with van der Waals surface area (Å²) in [5.41, 5.74) is 1.70. The van der Waals surface area contributed by atoms with Gasteiger partial charge in [-0.1, -0.05) is 36.4 Å². The normalized spacial score (nSPS) is 14.0. The number of piperazine rings is 1. The van der Waals surface area contributed by atoms with Crippen LogP contribution in [-0.2, 0) is 4.74 Å². The van der Waals surface area contributed by atoms with Gasteiger partial charge in [-0.05, 0) is 17.5 Å². The van der Waals surface area contributed by atoms with Gasteiger partial charge in [0.1, 0.15) is 11.6 Å². The zero-order valence-corrected chi connectivity index (χ0v) is 18.0. The number of methoxy groups -OCH3 is 2. The highest BCUT2D eigenvalue weighted by atomic mass is 16.5. The maximum absolute atomic E-state index is 12.6. The van der Waals surface area contributed by atoms with Crippen molar-refractivity contribution >= 4 is 28.2 Å². The molecule has 31 heavy (non-hydrogen) atoms. The highest BCUT2D eigenvalue weighted by molar-refractivity contribution is 6.09. The molecule has 7 nitrogen and oxygen atoms in total. The number of hydrogen-bond donors (Lipinski definition) is 1. The summed E-state index contributed by atoms with van der Waals surface area (Å²) in [6.45, 7) is 4.37. The lowest BCUT2D eigenvalue weighted by atomic mass is 10.1. The third kappa shape index (κ3) is 4.41. The average Bonchev–Trinajstić information content (AvgIpc) is 2.83.